The molecule has 1 aliphatic heterocycles. The lowest BCUT2D eigenvalue weighted by Crippen LogP contribution is -2.38. The van der Waals surface area contributed by atoms with E-state index in [9.17, 15) is 22.8 Å². The third-order valence-corrected chi connectivity index (χ3v) is 6.06. The molecule has 0 spiro atoms. The van der Waals surface area contributed by atoms with Gasteiger partial charge in [-0.2, -0.15) is 18.3 Å². The van der Waals surface area contributed by atoms with Crippen LogP contribution >= 0.6 is 11.6 Å². The SMILES string of the molecule is COc1ccc([C@H]2CC(c3ccccc3Cl)=NN2C(=O)CNC(=O)c2ccc(C(F)(F)F)cc2)cc1. The summed E-state index contributed by atoms with van der Waals surface area (Å²) < 4.78 is 43.5. The van der Waals surface area contributed by atoms with Crippen molar-refractivity contribution in [3.63, 3.8) is 0 Å². The van der Waals surface area contributed by atoms with E-state index >= 15 is 0 Å². The van der Waals surface area contributed by atoms with E-state index in [-0.39, 0.29) is 5.56 Å². The fourth-order valence-electron chi connectivity index (χ4n) is 3.83. The van der Waals surface area contributed by atoms with Crippen molar-refractivity contribution in [2.75, 3.05) is 13.7 Å². The van der Waals surface area contributed by atoms with Crippen molar-refractivity contribution in [3.05, 3.63) is 100 Å². The van der Waals surface area contributed by atoms with Gasteiger partial charge >= 0.3 is 6.18 Å². The molecule has 0 bridgehead atoms. The summed E-state index contributed by atoms with van der Waals surface area (Å²) in [6.07, 6.45) is -4.11. The first-order valence-corrected chi connectivity index (χ1v) is 11.3. The lowest BCUT2D eigenvalue weighted by Gasteiger charge is -2.22. The molecule has 3 aromatic carbocycles. The Morgan fingerprint density at radius 1 is 1.06 bits per heavy atom. The summed E-state index contributed by atoms with van der Waals surface area (Å²) in [7, 11) is 1.55. The molecule has 4 rings (SSSR count). The maximum Gasteiger partial charge on any atom is 0.416 e. The number of methoxy groups -OCH3 is 1. The lowest BCUT2D eigenvalue weighted by molar-refractivity contribution is -0.137. The second kappa shape index (κ2) is 10.4. The fourth-order valence-corrected chi connectivity index (χ4v) is 4.08. The number of nitrogens with zero attached hydrogens (tertiary/aromatic N) is 2. The van der Waals surface area contributed by atoms with Crippen LogP contribution in [0.4, 0.5) is 13.2 Å². The van der Waals surface area contributed by atoms with E-state index in [0.717, 1.165) is 29.8 Å². The number of carbonyl (C=O) groups is 2. The van der Waals surface area contributed by atoms with Crippen LogP contribution in [0.25, 0.3) is 0 Å². The number of benzene rings is 3. The van der Waals surface area contributed by atoms with E-state index in [2.05, 4.69) is 10.4 Å². The van der Waals surface area contributed by atoms with Gasteiger partial charge in [-0.3, -0.25) is 9.59 Å². The average molecular weight is 516 g/mol. The van der Waals surface area contributed by atoms with E-state index in [0.29, 0.717) is 28.5 Å². The molecule has 0 saturated heterocycles. The Bertz CT molecular complexity index is 1290. The number of alkyl halides is 3. The predicted molar refractivity (Wildman–Crippen MR) is 129 cm³/mol. The number of carbonyl (C=O) groups excluding carboxylic acids is 2. The molecular weight excluding hydrogens is 495 g/mol. The van der Waals surface area contributed by atoms with Crippen LogP contribution in [-0.4, -0.2) is 36.2 Å². The van der Waals surface area contributed by atoms with Gasteiger partial charge in [0.05, 0.1) is 31.0 Å². The molecular formula is C26H21ClF3N3O3. The van der Waals surface area contributed by atoms with Gasteiger partial charge in [-0.05, 0) is 48.0 Å². The van der Waals surface area contributed by atoms with Crippen molar-refractivity contribution in [1.82, 2.24) is 10.3 Å². The Labute approximate surface area is 210 Å². The number of ether oxygens (including phenoxy) is 1. The first-order valence-electron chi connectivity index (χ1n) is 10.9. The maximum atomic E-state index is 13.1. The van der Waals surface area contributed by atoms with E-state index < -0.39 is 36.1 Å². The quantitative estimate of drug-likeness (QED) is 0.473. The zero-order valence-corrected chi connectivity index (χ0v) is 19.8. The van der Waals surface area contributed by atoms with Crippen LogP contribution in [0.3, 0.4) is 0 Å². The summed E-state index contributed by atoms with van der Waals surface area (Å²) in [5.41, 5.74) is 1.26. The van der Waals surface area contributed by atoms with Gasteiger partial charge in [-0.1, -0.05) is 41.9 Å². The molecule has 10 heteroatoms. The highest BCUT2D eigenvalue weighted by Crippen LogP contribution is 2.35. The number of hydrazone groups is 1. The lowest BCUT2D eigenvalue weighted by atomic mass is 9.98. The molecule has 0 saturated carbocycles. The Morgan fingerprint density at radius 2 is 1.72 bits per heavy atom. The van der Waals surface area contributed by atoms with Gasteiger partial charge in [0.1, 0.15) is 5.75 Å². The normalized spacial score (nSPS) is 15.4. The van der Waals surface area contributed by atoms with Crippen LogP contribution in [0.15, 0.2) is 77.9 Å². The summed E-state index contributed by atoms with van der Waals surface area (Å²) in [5.74, 6) is -0.503. The second-order valence-electron chi connectivity index (χ2n) is 8.02. The summed E-state index contributed by atoms with van der Waals surface area (Å²) in [5, 5.41) is 8.77. The van der Waals surface area contributed by atoms with Gasteiger partial charge in [-0.15, -0.1) is 0 Å². The summed E-state index contributed by atoms with van der Waals surface area (Å²) in [6, 6.07) is 17.7. The molecule has 6 nitrogen and oxygen atoms in total. The fraction of sp³-hybridized carbons (Fsp3) is 0.192. The average Bonchev–Trinajstić information content (AvgIpc) is 3.32. The number of nitrogens with one attached hydrogen (secondary N) is 1. The summed E-state index contributed by atoms with van der Waals surface area (Å²) in [6.45, 7) is -0.397. The molecule has 36 heavy (non-hydrogen) atoms. The van der Waals surface area contributed by atoms with Crippen molar-refractivity contribution in [1.29, 1.82) is 0 Å². The first-order chi connectivity index (χ1) is 17.2. The van der Waals surface area contributed by atoms with Crippen LogP contribution in [0.5, 0.6) is 5.75 Å². The number of halogens is 4. The van der Waals surface area contributed by atoms with Crippen LogP contribution in [-0.2, 0) is 11.0 Å². The Hall–Kier alpha value is -3.85. The molecule has 0 fully saturated rings. The zero-order valence-electron chi connectivity index (χ0n) is 19.1. The molecule has 0 unspecified atom stereocenters. The summed E-state index contributed by atoms with van der Waals surface area (Å²) in [4.78, 5) is 25.6. The number of hydrogen-bond acceptors (Lipinski definition) is 4. The minimum absolute atomic E-state index is 0.00387. The molecule has 0 aliphatic carbocycles. The smallest absolute Gasteiger partial charge is 0.416 e. The molecule has 1 aliphatic rings. The molecule has 1 atom stereocenters. The molecule has 186 valence electrons. The molecule has 0 aromatic heterocycles. The number of amides is 2. The van der Waals surface area contributed by atoms with Gasteiger partial charge in [0.25, 0.3) is 11.8 Å². The van der Waals surface area contributed by atoms with Crippen molar-refractivity contribution < 1.29 is 27.5 Å². The highest BCUT2D eigenvalue weighted by molar-refractivity contribution is 6.34. The van der Waals surface area contributed by atoms with Gasteiger partial charge in [0.15, 0.2) is 0 Å². The third-order valence-electron chi connectivity index (χ3n) is 5.73. The van der Waals surface area contributed by atoms with E-state index in [4.69, 9.17) is 16.3 Å². The van der Waals surface area contributed by atoms with Gasteiger partial charge in [0, 0.05) is 22.6 Å². The Morgan fingerprint density at radius 3 is 2.33 bits per heavy atom. The maximum absolute atomic E-state index is 13.1. The molecule has 2 amide bonds. The van der Waals surface area contributed by atoms with Crippen molar-refractivity contribution in [2.45, 2.75) is 18.6 Å². The minimum Gasteiger partial charge on any atom is -0.497 e. The van der Waals surface area contributed by atoms with Crippen molar-refractivity contribution >= 4 is 29.1 Å². The topological polar surface area (TPSA) is 71.0 Å². The Balaban J connectivity index is 1.53. The van der Waals surface area contributed by atoms with E-state index in [1.807, 2.05) is 24.3 Å². The molecule has 0 radical (unpaired) electrons. The monoisotopic (exact) mass is 515 g/mol. The van der Waals surface area contributed by atoms with Crippen molar-refractivity contribution in [3.8, 4) is 5.75 Å². The van der Waals surface area contributed by atoms with Crippen LogP contribution in [0.1, 0.15) is 39.5 Å². The number of hydrogen-bond donors (Lipinski definition) is 1. The highest BCUT2D eigenvalue weighted by atomic mass is 35.5. The largest absolute Gasteiger partial charge is 0.497 e. The Kier molecular flexibility index (Phi) is 7.30. The zero-order chi connectivity index (χ0) is 25.9. The standard InChI is InChI=1S/C26H21ClF3N3O3/c1-36-19-12-8-16(9-13-19)23-14-22(20-4-2-3-5-21(20)27)32-33(23)24(34)15-31-25(35)17-6-10-18(11-7-17)26(28,29)30/h2-13,23H,14-15H2,1H3,(H,31,35)/t23-/m1/s1. The molecule has 1 N–H and O–H groups in total. The number of rotatable bonds is 6. The van der Waals surface area contributed by atoms with Crippen LogP contribution in [0, 0.1) is 0 Å². The van der Waals surface area contributed by atoms with E-state index in [1.165, 1.54) is 5.01 Å². The van der Waals surface area contributed by atoms with Crippen LogP contribution in [0.2, 0.25) is 5.02 Å². The minimum atomic E-state index is -4.51. The predicted octanol–water partition coefficient (Wildman–Crippen LogP) is 5.48. The highest BCUT2D eigenvalue weighted by Gasteiger charge is 2.34. The first kappa shape index (κ1) is 25.2. The van der Waals surface area contributed by atoms with Gasteiger partial charge in [0.2, 0.25) is 0 Å². The van der Waals surface area contributed by atoms with Gasteiger partial charge in [-0.25, -0.2) is 5.01 Å². The third kappa shape index (κ3) is 5.52. The van der Waals surface area contributed by atoms with Crippen LogP contribution < -0.4 is 10.1 Å². The second-order valence-corrected chi connectivity index (χ2v) is 8.42. The van der Waals surface area contributed by atoms with Crippen molar-refractivity contribution in [2.24, 2.45) is 5.10 Å². The van der Waals surface area contributed by atoms with E-state index in [1.54, 1.807) is 31.4 Å². The molecule has 1 heterocycles. The molecule has 3 aromatic rings. The summed E-state index contributed by atoms with van der Waals surface area (Å²) >= 11 is 6.35. The van der Waals surface area contributed by atoms with Gasteiger partial charge < -0.3 is 10.1 Å².